The van der Waals surface area contributed by atoms with Gasteiger partial charge in [0, 0.05) is 32.1 Å². The van der Waals surface area contributed by atoms with Crippen molar-refractivity contribution in [1.29, 1.82) is 0 Å². The predicted molar refractivity (Wildman–Crippen MR) is 69.9 cm³/mol. The van der Waals surface area contributed by atoms with E-state index < -0.39 is 17.3 Å². The number of hydrogen-bond acceptors (Lipinski definition) is 6. The van der Waals surface area contributed by atoms with Crippen LogP contribution in [0.25, 0.3) is 0 Å². The molecule has 0 saturated carbocycles. The van der Waals surface area contributed by atoms with E-state index in [1.54, 1.807) is 11.8 Å². The largest absolute Gasteiger partial charge is 0.509 e. The van der Waals surface area contributed by atoms with Gasteiger partial charge in [-0.15, -0.1) is 0 Å². The number of hydrogen-bond donors (Lipinski definition) is 1. The zero-order chi connectivity index (χ0) is 15.0. The maximum Gasteiger partial charge on any atom is 0.509 e. The van der Waals surface area contributed by atoms with Crippen LogP contribution in [0.3, 0.4) is 0 Å². The number of cyclic esters (lactones) is 1. The van der Waals surface area contributed by atoms with Crippen molar-refractivity contribution >= 4 is 12.1 Å². The molecule has 2 aliphatic heterocycles. The Morgan fingerprint density at radius 1 is 1.38 bits per heavy atom. The number of aromatic nitrogens is 2. The van der Waals surface area contributed by atoms with Gasteiger partial charge in [0.25, 0.3) is 11.5 Å². The van der Waals surface area contributed by atoms with Gasteiger partial charge in [-0.05, 0) is 6.92 Å². The molecule has 1 aromatic rings. The van der Waals surface area contributed by atoms with Crippen LogP contribution in [0.1, 0.15) is 29.0 Å². The number of aromatic amines is 1. The average Bonchev–Trinajstić information content (AvgIpc) is 2.80. The fourth-order valence-electron chi connectivity index (χ4n) is 2.60. The van der Waals surface area contributed by atoms with Gasteiger partial charge in [-0.1, -0.05) is 0 Å². The van der Waals surface area contributed by atoms with Gasteiger partial charge < -0.3 is 19.4 Å². The van der Waals surface area contributed by atoms with Crippen molar-refractivity contribution in [2.75, 3.05) is 19.7 Å². The van der Waals surface area contributed by atoms with Crippen molar-refractivity contribution in [3.05, 3.63) is 27.9 Å². The van der Waals surface area contributed by atoms with E-state index in [0.717, 1.165) is 0 Å². The quantitative estimate of drug-likeness (QED) is 0.743. The van der Waals surface area contributed by atoms with Crippen LogP contribution in [0.4, 0.5) is 4.79 Å². The number of carbonyl (C=O) groups is 2. The minimum atomic E-state index is -0.658. The molecule has 1 N–H and O–H groups in total. The number of likely N-dealkylation sites (tertiary alicyclic amines) is 1. The zero-order valence-electron chi connectivity index (χ0n) is 11.5. The number of rotatable bonds is 1. The van der Waals surface area contributed by atoms with Gasteiger partial charge in [0.15, 0.2) is 5.60 Å². The highest BCUT2D eigenvalue weighted by Crippen LogP contribution is 2.31. The van der Waals surface area contributed by atoms with Crippen LogP contribution >= 0.6 is 0 Å². The number of H-pyrrole nitrogens is 1. The number of piperidine rings is 1. The van der Waals surface area contributed by atoms with Crippen LogP contribution in [-0.2, 0) is 9.47 Å². The first-order chi connectivity index (χ1) is 9.99. The second-order valence-corrected chi connectivity index (χ2v) is 5.33. The highest BCUT2D eigenvalue weighted by atomic mass is 16.8. The molecule has 2 saturated heterocycles. The van der Waals surface area contributed by atoms with Crippen LogP contribution in [0.15, 0.2) is 11.0 Å². The Kier molecular flexibility index (Phi) is 3.15. The van der Waals surface area contributed by atoms with Gasteiger partial charge in [0.05, 0.1) is 0 Å². The lowest BCUT2D eigenvalue weighted by atomic mass is 9.92. The maximum absolute atomic E-state index is 12.3. The van der Waals surface area contributed by atoms with Crippen molar-refractivity contribution in [2.24, 2.45) is 0 Å². The van der Waals surface area contributed by atoms with E-state index in [0.29, 0.717) is 31.8 Å². The second-order valence-electron chi connectivity index (χ2n) is 5.33. The first-order valence-electron chi connectivity index (χ1n) is 6.70. The third-order valence-electron chi connectivity index (χ3n) is 3.87. The van der Waals surface area contributed by atoms with E-state index in [2.05, 4.69) is 9.97 Å². The van der Waals surface area contributed by atoms with Gasteiger partial charge in [-0.2, -0.15) is 0 Å². The molecule has 21 heavy (non-hydrogen) atoms. The second kappa shape index (κ2) is 4.87. The van der Waals surface area contributed by atoms with E-state index in [1.807, 2.05) is 0 Å². The third-order valence-corrected chi connectivity index (χ3v) is 3.87. The van der Waals surface area contributed by atoms with Gasteiger partial charge in [-0.25, -0.2) is 9.78 Å². The monoisotopic (exact) mass is 293 g/mol. The molecule has 0 radical (unpaired) electrons. The summed E-state index contributed by atoms with van der Waals surface area (Å²) in [5, 5.41) is 0. The van der Waals surface area contributed by atoms with Gasteiger partial charge in [0.2, 0.25) is 0 Å². The SMILES string of the molecule is Cc1ncc(C(=O)N2CCC3(CC2)COC(=O)O3)c(=O)[nH]1. The van der Waals surface area contributed by atoms with Gasteiger partial charge in [-0.3, -0.25) is 9.59 Å². The molecule has 0 aliphatic carbocycles. The van der Waals surface area contributed by atoms with Crippen LogP contribution in [-0.4, -0.2) is 52.2 Å². The minimum absolute atomic E-state index is 0.0243. The number of amides is 1. The Labute approximate surface area is 120 Å². The zero-order valence-corrected chi connectivity index (χ0v) is 11.5. The highest BCUT2D eigenvalue weighted by molar-refractivity contribution is 5.93. The summed E-state index contributed by atoms with van der Waals surface area (Å²) in [6.07, 6.45) is 1.64. The summed E-state index contributed by atoms with van der Waals surface area (Å²) < 4.78 is 10.0. The lowest BCUT2D eigenvalue weighted by Gasteiger charge is -2.36. The first kappa shape index (κ1) is 13.6. The Balaban J connectivity index is 1.70. The van der Waals surface area contributed by atoms with E-state index in [9.17, 15) is 14.4 Å². The van der Waals surface area contributed by atoms with Crippen LogP contribution in [0.5, 0.6) is 0 Å². The Hall–Kier alpha value is -2.38. The average molecular weight is 293 g/mol. The smallest absolute Gasteiger partial charge is 0.430 e. The predicted octanol–water partition coefficient (Wildman–Crippen LogP) is 0.220. The molecule has 1 spiro atoms. The fraction of sp³-hybridized carbons (Fsp3) is 0.538. The molecule has 2 fully saturated rings. The molecule has 0 unspecified atom stereocenters. The molecule has 0 aromatic carbocycles. The fourth-order valence-corrected chi connectivity index (χ4v) is 2.60. The summed E-state index contributed by atoms with van der Waals surface area (Å²) in [5.74, 6) is 0.105. The number of nitrogens with zero attached hydrogens (tertiary/aromatic N) is 2. The summed E-state index contributed by atoms with van der Waals surface area (Å²) in [4.78, 5) is 43.2. The molecule has 8 nitrogen and oxygen atoms in total. The third kappa shape index (κ3) is 2.48. The normalized spacial score (nSPS) is 20.2. The Morgan fingerprint density at radius 2 is 2.10 bits per heavy atom. The molecule has 8 heteroatoms. The highest BCUT2D eigenvalue weighted by Gasteiger charge is 2.45. The van der Waals surface area contributed by atoms with E-state index in [-0.39, 0.29) is 18.1 Å². The molecular weight excluding hydrogens is 278 g/mol. The van der Waals surface area contributed by atoms with Crippen LogP contribution in [0.2, 0.25) is 0 Å². The molecule has 112 valence electrons. The number of ether oxygens (including phenoxy) is 2. The molecule has 2 aliphatic rings. The molecule has 0 atom stereocenters. The van der Waals surface area contributed by atoms with Crippen molar-refractivity contribution in [3.8, 4) is 0 Å². The standard InChI is InChI=1S/C13H15N3O5/c1-8-14-6-9(10(17)15-8)11(18)16-4-2-13(3-5-16)7-20-12(19)21-13/h6H,2-5,7H2,1H3,(H,14,15,17). The van der Waals surface area contributed by atoms with Crippen molar-refractivity contribution in [1.82, 2.24) is 14.9 Å². The number of aryl methyl sites for hydroxylation is 1. The molecule has 3 heterocycles. The molecule has 1 amide bonds. The molecular formula is C13H15N3O5. The maximum atomic E-state index is 12.3. The Bertz CT molecular complexity index is 645. The van der Waals surface area contributed by atoms with E-state index in [4.69, 9.17) is 9.47 Å². The summed E-state index contributed by atoms with van der Waals surface area (Å²) in [5.41, 5.74) is -1.04. The summed E-state index contributed by atoms with van der Waals surface area (Å²) in [6.45, 7) is 2.68. The van der Waals surface area contributed by atoms with Gasteiger partial charge in [0.1, 0.15) is 18.0 Å². The lowest BCUT2D eigenvalue weighted by Crippen LogP contribution is -2.48. The lowest BCUT2D eigenvalue weighted by molar-refractivity contribution is 0.00275. The van der Waals surface area contributed by atoms with Crippen molar-refractivity contribution in [2.45, 2.75) is 25.4 Å². The molecule has 3 rings (SSSR count). The summed E-state index contributed by atoms with van der Waals surface area (Å²) in [6, 6.07) is 0. The van der Waals surface area contributed by atoms with Gasteiger partial charge >= 0.3 is 6.16 Å². The van der Waals surface area contributed by atoms with Crippen molar-refractivity contribution < 1.29 is 19.1 Å². The molecule has 0 bridgehead atoms. The molecule has 1 aromatic heterocycles. The topological polar surface area (TPSA) is 102 Å². The minimum Gasteiger partial charge on any atom is -0.430 e. The number of nitrogens with one attached hydrogen (secondary N) is 1. The summed E-state index contributed by atoms with van der Waals surface area (Å²) in [7, 11) is 0. The first-order valence-corrected chi connectivity index (χ1v) is 6.70. The summed E-state index contributed by atoms with van der Waals surface area (Å²) >= 11 is 0. The van der Waals surface area contributed by atoms with E-state index in [1.165, 1.54) is 6.20 Å². The van der Waals surface area contributed by atoms with Crippen LogP contribution in [0, 0.1) is 6.92 Å². The van der Waals surface area contributed by atoms with Crippen molar-refractivity contribution in [3.63, 3.8) is 0 Å². The van der Waals surface area contributed by atoms with Crippen LogP contribution < -0.4 is 5.56 Å². The van der Waals surface area contributed by atoms with E-state index >= 15 is 0 Å². The Morgan fingerprint density at radius 3 is 2.67 bits per heavy atom. The number of carbonyl (C=O) groups excluding carboxylic acids is 2.